The summed E-state index contributed by atoms with van der Waals surface area (Å²) < 4.78 is 28.6. The third-order valence-corrected chi connectivity index (χ3v) is 6.08. The molecule has 0 radical (unpaired) electrons. The Labute approximate surface area is 130 Å². The molecule has 1 heterocycles. The molecule has 0 saturated carbocycles. The second kappa shape index (κ2) is 5.91. The van der Waals surface area contributed by atoms with E-state index in [1.54, 1.807) is 18.2 Å². The highest BCUT2D eigenvalue weighted by Gasteiger charge is 2.37. The van der Waals surface area contributed by atoms with Gasteiger partial charge in [0, 0.05) is 4.47 Å². The standard InChI is InChI=1S/C12H13BrClNO4S/c1-19-7-2-3-9(13)8(4-7)12(16)15-11-6-20(17,18)5-10(11)14/h2-4,10-11H,5-6H2,1H3,(H,15,16). The first-order chi connectivity index (χ1) is 9.32. The highest BCUT2D eigenvalue weighted by Crippen LogP contribution is 2.24. The maximum absolute atomic E-state index is 12.2. The second-order valence-corrected chi connectivity index (χ2v) is 8.09. The Morgan fingerprint density at radius 1 is 1.45 bits per heavy atom. The predicted octanol–water partition coefficient (Wildman–Crippen LogP) is 1.59. The molecule has 0 aliphatic carbocycles. The summed E-state index contributed by atoms with van der Waals surface area (Å²) in [6, 6.07) is 4.40. The molecule has 110 valence electrons. The van der Waals surface area contributed by atoms with E-state index < -0.39 is 21.3 Å². The van der Waals surface area contributed by atoms with Gasteiger partial charge in [-0.1, -0.05) is 0 Å². The quantitative estimate of drug-likeness (QED) is 0.806. The topological polar surface area (TPSA) is 72.5 Å². The highest BCUT2D eigenvalue weighted by molar-refractivity contribution is 9.10. The summed E-state index contributed by atoms with van der Waals surface area (Å²) in [5.41, 5.74) is 0.373. The van der Waals surface area contributed by atoms with Crippen LogP contribution in [0.2, 0.25) is 0 Å². The Morgan fingerprint density at radius 3 is 2.70 bits per heavy atom. The summed E-state index contributed by atoms with van der Waals surface area (Å²) in [6.45, 7) is 0. The predicted molar refractivity (Wildman–Crippen MR) is 80.2 cm³/mol. The average Bonchev–Trinajstić information content (AvgIpc) is 2.62. The van der Waals surface area contributed by atoms with E-state index in [4.69, 9.17) is 16.3 Å². The first-order valence-corrected chi connectivity index (χ1v) is 8.86. The number of carbonyl (C=O) groups excluding carboxylic acids is 1. The first kappa shape index (κ1) is 15.6. The summed E-state index contributed by atoms with van der Waals surface area (Å²) in [6.07, 6.45) is 0. The van der Waals surface area contributed by atoms with Crippen molar-refractivity contribution in [2.24, 2.45) is 0 Å². The van der Waals surface area contributed by atoms with Crippen LogP contribution in [0.25, 0.3) is 0 Å². The van der Waals surface area contributed by atoms with E-state index in [0.29, 0.717) is 15.8 Å². The van der Waals surface area contributed by atoms with Crippen molar-refractivity contribution >= 4 is 43.3 Å². The van der Waals surface area contributed by atoms with Gasteiger partial charge in [0.05, 0.1) is 35.6 Å². The minimum Gasteiger partial charge on any atom is -0.497 e. The van der Waals surface area contributed by atoms with Gasteiger partial charge in [-0.05, 0) is 34.1 Å². The first-order valence-electron chi connectivity index (χ1n) is 5.81. The lowest BCUT2D eigenvalue weighted by molar-refractivity contribution is 0.0940. The average molecular weight is 383 g/mol. The van der Waals surface area contributed by atoms with Crippen LogP contribution in [0.1, 0.15) is 10.4 Å². The zero-order chi connectivity index (χ0) is 14.9. The van der Waals surface area contributed by atoms with Gasteiger partial charge in [0.1, 0.15) is 5.75 Å². The van der Waals surface area contributed by atoms with Gasteiger partial charge in [-0.15, -0.1) is 11.6 Å². The number of halogens is 2. The summed E-state index contributed by atoms with van der Waals surface area (Å²) in [5.74, 6) is -0.0869. The van der Waals surface area contributed by atoms with Crippen LogP contribution in [0.3, 0.4) is 0 Å². The third kappa shape index (κ3) is 3.45. The smallest absolute Gasteiger partial charge is 0.252 e. The van der Waals surface area contributed by atoms with Crippen molar-refractivity contribution < 1.29 is 17.9 Å². The van der Waals surface area contributed by atoms with Crippen LogP contribution in [-0.2, 0) is 9.84 Å². The van der Waals surface area contributed by atoms with Crippen molar-refractivity contribution in [3.05, 3.63) is 28.2 Å². The molecule has 1 fully saturated rings. The lowest BCUT2D eigenvalue weighted by Gasteiger charge is -2.15. The summed E-state index contributed by atoms with van der Waals surface area (Å²) in [4.78, 5) is 12.2. The van der Waals surface area contributed by atoms with Gasteiger partial charge in [-0.2, -0.15) is 0 Å². The van der Waals surface area contributed by atoms with Gasteiger partial charge in [-0.3, -0.25) is 4.79 Å². The minimum absolute atomic E-state index is 0.112. The number of ether oxygens (including phenoxy) is 1. The number of nitrogens with one attached hydrogen (secondary N) is 1. The molecule has 1 aliphatic rings. The molecule has 5 nitrogen and oxygen atoms in total. The molecule has 0 aromatic heterocycles. The number of benzene rings is 1. The summed E-state index contributed by atoms with van der Waals surface area (Å²) in [7, 11) is -1.68. The largest absolute Gasteiger partial charge is 0.497 e. The molecular weight excluding hydrogens is 370 g/mol. The fourth-order valence-electron chi connectivity index (χ4n) is 1.99. The van der Waals surface area contributed by atoms with E-state index in [9.17, 15) is 13.2 Å². The van der Waals surface area contributed by atoms with Crippen LogP contribution < -0.4 is 10.1 Å². The van der Waals surface area contributed by atoms with Crippen molar-refractivity contribution in [3.8, 4) is 5.75 Å². The fraction of sp³-hybridized carbons (Fsp3) is 0.417. The van der Waals surface area contributed by atoms with Gasteiger partial charge in [0.25, 0.3) is 5.91 Å². The fourth-order valence-corrected chi connectivity index (χ4v) is 4.96. The van der Waals surface area contributed by atoms with Crippen LogP contribution in [0.15, 0.2) is 22.7 Å². The molecule has 2 atom stereocenters. The number of rotatable bonds is 3. The van der Waals surface area contributed by atoms with E-state index in [2.05, 4.69) is 21.2 Å². The Morgan fingerprint density at radius 2 is 2.15 bits per heavy atom. The van der Waals surface area contributed by atoms with Gasteiger partial charge in [0.15, 0.2) is 9.84 Å². The monoisotopic (exact) mass is 381 g/mol. The Balaban J connectivity index is 2.17. The van der Waals surface area contributed by atoms with Crippen molar-refractivity contribution in [1.82, 2.24) is 5.32 Å². The third-order valence-electron chi connectivity index (χ3n) is 3.02. The van der Waals surface area contributed by atoms with Crippen LogP contribution in [0.4, 0.5) is 0 Å². The Bertz CT molecular complexity index is 634. The molecule has 1 saturated heterocycles. The number of hydrogen-bond acceptors (Lipinski definition) is 4. The molecule has 20 heavy (non-hydrogen) atoms. The van der Waals surface area contributed by atoms with E-state index >= 15 is 0 Å². The molecular formula is C12H13BrClNO4S. The number of carbonyl (C=O) groups is 1. The molecule has 8 heteroatoms. The second-order valence-electron chi connectivity index (χ2n) is 4.52. The van der Waals surface area contributed by atoms with Crippen LogP contribution in [-0.4, -0.2) is 44.4 Å². The van der Waals surface area contributed by atoms with E-state index in [1.165, 1.54) is 7.11 Å². The normalized spacial score (nSPS) is 24.4. The molecule has 1 aromatic rings. The zero-order valence-corrected chi connectivity index (χ0v) is 13.8. The van der Waals surface area contributed by atoms with Gasteiger partial charge in [0.2, 0.25) is 0 Å². The summed E-state index contributed by atoms with van der Waals surface area (Å²) in [5, 5.41) is 2.05. The molecule has 2 rings (SSSR count). The molecule has 1 amide bonds. The zero-order valence-electron chi connectivity index (χ0n) is 10.6. The molecule has 2 unspecified atom stereocenters. The van der Waals surface area contributed by atoms with Gasteiger partial charge < -0.3 is 10.1 Å². The number of methoxy groups -OCH3 is 1. The van der Waals surface area contributed by atoms with Crippen LogP contribution in [0, 0.1) is 0 Å². The molecule has 1 N–H and O–H groups in total. The molecule has 1 aromatic carbocycles. The number of alkyl halides is 1. The van der Waals surface area contributed by atoms with E-state index in [0.717, 1.165) is 0 Å². The Kier molecular flexibility index (Phi) is 4.61. The molecule has 0 spiro atoms. The van der Waals surface area contributed by atoms with Crippen molar-refractivity contribution in [2.75, 3.05) is 18.6 Å². The lowest BCUT2D eigenvalue weighted by atomic mass is 10.1. The minimum atomic E-state index is -3.18. The van der Waals surface area contributed by atoms with Crippen LogP contribution in [0.5, 0.6) is 5.75 Å². The molecule has 1 aliphatic heterocycles. The maximum atomic E-state index is 12.2. The lowest BCUT2D eigenvalue weighted by Crippen LogP contribution is -2.40. The summed E-state index contributed by atoms with van der Waals surface area (Å²) >= 11 is 9.24. The van der Waals surface area contributed by atoms with Crippen molar-refractivity contribution in [2.45, 2.75) is 11.4 Å². The van der Waals surface area contributed by atoms with E-state index in [-0.39, 0.29) is 17.4 Å². The number of amides is 1. The van der Waals surface area contributed by atoms with Crippen LogP contribution >= 0.6 is 27.5 Å². The van der Waals surface area contributed by atoms with Gasteiger partial charge in [-0.25, -0.2) is 8.42 Å². The van der Waals surface area contributed by atoms with Crippen molar-refractivity contribution in [1.29, 1.82) is 0 Å². The number of sulfone groups is 1. The number of hydrogen-bond donors (Lipinski definition) is 1. The SMILES string of the molecule is COc1ccc(Br)c(C(=O)NC2CS(=O)(=O)CC2Cl)c1. The van der Waals surface area contributed by atoms with E-state index in [1.807, 2.05) is 0 Å². The van der Waals surface area contributed by atoms with Gasteiger partial charge >= 0.3 is 0 Å². The Hall–Kier alpha value is -0.790. The molecule has 0 bridgehead atoms. The van der Waals surface area contributed by atoms with Crippen molar-refractivity contribution in [3.63, 3.8) is 0 Å². The maximum Gasteiger partial charge on any atom is 0.252 e. The highest BCUT2D eigenvalue weighted by atomic mass is 79.9.